The molecule has 0 spiro atoms. The molecule has 0 amide bonds. The predicted molar refractivity (Wildman–Crippen MR) is 228 cm³/mol. The van der Waals surface area contributed by atoms with Crippen LogP contribution in [0.4, 0.5) is 17.2 Å². The van der Waals surface area contributed by atoms with E-state index in [1.54, 1.807) is 0 Å². The van der Waals surface area contributed by atoms with Gasteiger partial charge in [0.15, 0.2) is 0 Å². The Balaban J connectivity index is 0.00000455. The quantitative estimate of drug-likeness (QED) is 0.162. The predicted octanol–water partition coefficient (Wildman–Crippen LogP) is 12.5. The van der Waals surface area contributed by atoms with Crippen molar-refractivity contribution in [2.24, 2.45) is 4.99 Å². The number of hydrogen-bond donors (Lipinski definition) is 0. The van der Waals surface area contributed by atoms with Gasteiger partial charge >= 0.3 is 21.1 Å². The number of pyridine rings is 1. The average Bonchev–Trinajstić information content (AvgIpc) is 3.72. The summed E-state index contributed by atoms with van der Waals surface area (Å²) in [7, 11) is 0. The number of aliphatic imine (C=N–C) groups is 1. The second-order valence-corrected chi connectivity index (χ2v) is 18.3. The Morgan fingerprint density at radius 2 is 1.46 bits per heavy atom. The van der Waals surface area contributed by atoms with Gasteiger partial charge in [-0.15, -0.1) is 35.4 Å². The maximum absolute atomic E-state index is 6.86. The monoisotopic (exact) mass is 929 g/mol. The molecule has 0 unspecified atom stereocenters. The van der Waals surface area contributed by atoms with Crippen molar-refractivity contribution in [2.75, 3.05) is 4.90 Å². The van der Waals surface area contributed by atoms with Gasteiger partial charge in [0.25, 0.3) is 0 Å². The Kier molecular flexibility index (Phi) is 9.64. The Bertz CT molecular complexity index is 2530. The number of anilines is 3. The van der Waals surface area contributed by atoms with Crippen molar-refractivity contribution >= 4 is 23.0 Å². The van der Waals surface area contributed by atoms with Crippen molar-refractivity contribution < 1.29 is 25.8 Å². The number of ether oxygens (including phenoxy) is 1. The average molecular weight is 930 g/mol. The number of aryl methyl sites for hydroxylation is 1. The Morgan fingerprint density at radius 3 is 2.21 bits per heavy atom. The molecule has 9 rings (SSSR count). The normalized spacial score (nSPS) is 17.9. The van der Waals surface area contributed by atoms with Crippen molar-refractivity contribution in [1.82, 2.24) is 9.88 Å². The summed E-state index contributed by atoms with van der Waals surface area (Å²) in [6.45, 7) is 21.1. The van der Waals surface area contributed by atoms with Crippen LogP contribution in [-0.4, -0.2) is 15.7 Å². The summed E-state index contributed by atoms with van der Waals surface area (Å²) in [5.74, 6) is 3.14. The summed E-state index contributed by atoms with van der Waals surface area (Å²) >= 11 is 0. The number of aromatic nitrogens is 1. The maximum Gasteiger partial charge on any atom is 2.00 e. The molecule has 0 radical (unpaired) electrons. The number of amidine groups is 1. The third kappa shape index (κ3) is 6.82. The third-order valence-electron chi connectivity index (χ3n) is 11.9. The van der Waals surface area contributed by atoms with E-state index in [1.807, 2.05) is 12.3 Å². The van der Waals surface area contributed by atoms with Crippen LogP contribution in [0, 0.1) is 19.1 Å². The summed E-state index contributed by atoms with van der Waals surface area (Å²) < 4.78 is 6.86. The zero-order valence-corrected chi connectivity index (χ0v) is 36.6. The van der Waals surface area contributed by atoms with Crippen LogP contribution in [0.3, 0.4) is 0 Å². The first-order valence-electron chi connectivity index (χ1n) is 19.8. The van der Waals surface area contributed by atoms with Gasteiger partial charge in [-0.05, 0) is 50.8 Å². The molecule has 6 heteroatoms. The van der Waals surface area contributed by atoms with Gasteiger partial charge in [-0.3, -0.25) is 0 Å². The van der Waals surface area contributed by atoms with Crippen molar-refractivity contribution in [3.8, 4) is 11.5 Å². The molecule has 290 valence electrons. The minimum atomic E-state index is -0.239. The molecular formula is C51H50N4OPt. The maximum atomic E-state index is 6.86. The van der Waals surface area contributed by atoms with E-state index in [-0.39, 0.29) is 49.4 Å². The van der Waals surface area contributed by atoms with Crippen LogP contribution >= 0.6 is 0 Å². The summed E-state index contributed by atoms with van der Waals surface area (Å²) in [4.78, 5) is 15.2. The topological polar surface area (TPSA) is 41.0 Å². The number of rotatable bonds is 5. The molecule has 0 aliphatic carbocycles. The van der Waals surface area contributed by atoms with E-state index < -0.39 is 0 Å². The fourth-order valence-electron chi connectivity index (χ4n) is 8.74. The van der Waals surface area contributed by atoms with E-state index >= 15 is 0 Å². The van der Waals surface area contributed by atoms with Crippen LogP contribution in [0.1, 0.15) is 118 Å². The smallest absolute Gasteiger partial charge is 0.503 e. The largest absolute Gasteiger partial charge is 2.00 e. The van der Waals surface area contributed by atoms with Crippen molar-refractivity contribution in [2.45, 2.75) is 97.2 Å². The van der Waals surface area contributed by atoms with Gasteiger partial charge in [0.05, 0.1) is 12.1 Å². The van der Waals surface area contributed by atoms with Crippen LogP contribution in [0.5, 0.6) is 11.5 Å². The summed E-state index contributed by atoms with van der Waals surface area (Å²) in [5.41, 5.74) is 12.5. The third-order valence-corrected chi connectivity index (χ3v) is 11.9. The van der Waals surface area contributed by atoms with Crippen molar-refractivity contribution in [3.05, 3.63) is 178 Å². The zero-order chi connectivity index (χ0) is 39.1. The van der Waals surface area contributed by atoms with Crippen LogP contribution in [0.2, 0.25) is 0 Å². The SMILES string of the molecule is Cc1cc(Oc2[c-]c(C3=N[C@H](c4ccccc4)[C@@H]4c5ccccc5CN34)cc(C(C)(C)C)c2)[c-]c(N2c3ccc(C(C)(C)C)cc3C(C)(C)c3cccnc32)c1.[Pt+2]. The molecule has 6 aromatic rings. The molecule has 3 aliphatic rings. The molecule has 5 aromatic carbocycles. The van der Waals surface area contributed by atoms with E-state index in [9.17, 15) is 0 Å². The van der Waals surface area contributed by atoms with Gasteiger partial charge in [0, 0.05) is 46.7 Å². The zero-order valence-electron chi connectivity index (χ0n) is 34.3. The van der Waals surface area contributed by atoms with Crippen LogP contribution in [0.15, 0.2) is 120 Å². The molecule has 3 aliphatic heterocycles. The fourth-order valence-corrected chi connectivity index (χ4v) is 8.74. The van der Waals surface area contributed by atoms with E-state index in [2.05, 4.69) is 187 Å². The number of hydrogen-bond acceptors (Lipinski definition) is 5. The van der Waals surface area contributed by atoms with E-state index in [0.717, 1.165) is 46.3 Å². The minimum Gasteiger partial charge on any atom is -0.503 e. The first-order valence-corrected chi connectivity index (χ1v) is 19.8. The molecule has 5 nitrogen and oxygen atoms in total. The van der Waals surface area contributed by atoms with Gasteiger partial charge in [0.2, 0.25) is 0 Å². The first-order chi connectivity index (χ1) is 26.7. The Morgan fingerprint density at radius 1 is 0.737 bits per heavy atom. The second kappa shape index (κ2) is 14.1. The van der Waals surface area contributed by atoms with E-state index in [0.29, 0.717) is 11.5 Å². The van der Waals surface area contributed by atoms with Crippen LogP contribution in [-0.2, 0) is 43.9 Å². The number of fused-ring (bicyclic) bond motifs is 5. The van der Waals surface area contributed by atoms with Gasteiger partial charge < -0.3 is 19.5 Å². The van der Waals surface area contributed by atoms with E-state index in [1.165, 1.54) is 33.4 Å². The molecule has 0 saturated carbocycles. The molecule has 0 N–H and O–H groups in total. The van der Waals surface area contributed by atoms with Gasteiger partial charge in [-0.2, -0.15) is 5.56 Å². The van der Waals surface area contributed by atoms with Gasteiger partial charge in [-0.1, -0.05) is 153 Å². The first kappa shape index (κ1) is 38.9. The standard InChI is InChI=1S/C51H50N4O.Pt/c1-32-24-38(55-44-22-21-36(49(2,3)4)29-43(44)51(8,9)42-20-15-23-52-48(42)55)30-39(25-32)56-40-27-35(26-37(28-40)50(5,6)7)47-53-45(33-16-11-10-12-17-33)46-41-19-14-13-18-34(41)31-54(46)47;/h10-26,28-29,45-46H,31H2,1-9H3;/q-2;+2/t45-,46+;/m1./s1. The molecular weight excluding hydrogens is 880 g/mol. The molecule has 4 heterocycles. The minimum absolute atomic E-state index is 0. The number of benzene rings is 5. The molecule has 0 saturated heterocycles. The van der Waals surface area contributed by atoms with E-state index in [4.69, 9.17) is 14.7 Å². The van der Waals surface area contributed by atoms with Crippen LogP contribution in [0.25, 0.3) is 0 Å². The Hall–Kier alpha value is -4.99. The summed E-state index contributed by atoms with van der Waals surface area (Å²) in [5, 5.41) is 0. The number of nitrogens with zero attached hydrogens (tertiary/aromatic N) is 4. The van der Waals surface area contributed by atoms with Gasteiger partial charge in [-0.25, -0.2) is 4.98 Å². The van der Waals surface area contributed by atoms with Crippen LogP contribution < -0.4 is 9.64 Å². The molecule has 2 atom stereocenters. The fraction of sp³-hybridized carbons (Fsp3) is 0.294. The molecule has 0 fully saturated rings. The summed E-state index contributed by atoms with van der Waals surface area (Å²) in [6.07, 6.45) is 1.88. The van der Waals surface area contributed by atoms with Crippen molar-refractivity contribution in [1.29, 1.82) is 0 Å². The van der Waals surface area contributed by atoms with Gasteiger partial charge in [0.1, 0.15) is 5.82 Å². The Labute approximate surface area is 353 Å². The molecule has 0 bridgehead atoms. The van der Waals surface area contributed by atoms with Crippen molar-refractivity contribution in [3.63, 3.8) is 0 Å². The second-order valence-electron chi connectivity index (χ2n) is 18.3. The summed E-state index contributed by atoms with van der Waals surface area (Å²) in [6, 6.07) is 46.8. The molecule has 1 aromatic heterocycles. The molecule has 57 heavy (non-hydrogen) atoms.